The number of ether oxygens (including phenoxy) is 1. The van der Waals surface area contributed by atoms with Crippen LogP contribution in [-0.4, -0.2) is 16.1 Å². The lowest BCUT2D eigenvalue weighted by Crippen LogP contribution is -1.90. The van der Waals surface area contributed by atoms with E-state index in [1.807, 2.05) is 5.40 Å². The molecule has 10 heavy (non-hydrogen) atoms. The quantitative estimate of drug-likeness (QED) is 0.401. The van der Waals surface area contributed by atoms with Crippen molar-refractivity contribution in [3.63, 3.8) is 0 Å². The molecule has 1 rings (SSSR count). The van der Waals surface area contributed by atoms with Crippen molar-refractivity contribution < 1.29 is 4.74 Å². The second kappa shape index (κ2) is 3.80. The summed E-state index contributed by atoms with van der Waals surface area (Å²) in [6, 6.07) is 1.69. The van der Waals surface area contributed by atoms with Gasteiger partial charge in [-0.15, -0.1) is 5.10 Å². The number of rotatable bonds is 3. The van der Waals surface area contributed by atoms with Gasteiger partial charge in [0.25, 0.3) is 0 Å². The molecule has 0 saturated heterocycles. The average Bonchev–Trinajstić information content (AvgIpc) is 2.41. The SMILES string of the molecule is N#CSCOc1cc[nH]n1. The van der Waals surface area contributed by atoms with Crippen molar-refractivity contribution in [1.82, 2.24) is 10.2 Å². The van der Waals surface area contributed by atoms with Crippen LogP contribution in [0, 0.1) is 10.7 Å². The lowest BCUT2D eigenvalue weighted by Gasteiger charge is -1.94. The first-order valence-corrected chi connectivity index (χ1v) is 3.55. The zero-order valence-corrected chi connectivity index (χ0v) is 5.89. The number of hydrogen-bond acceptors (Lipinski definition) is 4. The maximum absolute atomic E-state index is 8.10. The van der Waals surface area contributed by atoms with Gasteiger partial charge in [0.15, 0.2) is 0 Å². The minimum atomic E-state index is 0.321. The minimum absolute atomic E-state index is 0.321. The molecule has 0 radical (unpaired) electrons. The lowest BCUT2D eigenvalue weighted by molar-refractivity contribution is 0.377. The van der Waals surface area contributed by atoms with Gasteiger partial charge in [-0.1, -0.05) is 0 Å². The van der Waals surface area contributed by atoms with Gasteiger partial charge in [-0.05, 0) is 11.8 Å². The van der Waals surface area contributed by atoms with Crippen molar-refractivity contribution in [1.29, 1.82) is 5.26 Å². The maximum Gasteiger partial charge on any atom is 0.233 e. The van der Waals surface area contributed by atoms with Crippen LogP contribution in [0.1, 0.15) is 0 Å². The van der Waals surface area contributed by atoms with E-state index in [9.17, 15) is 0 Å². The lowest BCUT2D eigenvalue weighted by atomic mass is 10.7. The predicted octanol–water partition coefficient (Wildman–Crippen LogP) is 0.960. The highest BCUT2D eigenvalue weighted by molar-refractivity contribution is 8.03. The Morgan fingerprint density at radius 1 is 1.90 bits per heavy atom. The van der Waals surface area contributed by atoms with Gasteiger partial charge in [0.05, 0.1) is 0 Å². The summed E-state index contributed by atoms with van der Waals surface area (Å²) < 4.78 is 4.98. The van der Waals surface area contributed by atoms with Crippen LogP contribution in [0.15, 0.2) is 12.3 Å². The average molecular weight is 155 g/mol. The molecule has 0 spiro atoms. The Balaban J connectivity index is 2.23. The van der Waals surface area contributed by atoms with Gasteiger partial charge in [-0.3, -0.25) is 5.10 Å². The minimum Gasteiger partial charge on any atom is -0.464 e. The molecule has 1 heterocycles. The molecule has 0 aromatic carbocycles. The smallest absolute Gasteiger partial charge is 0.233 e. The first-order chi connectivity index (χ1) is 4.93. The fourth-order valence-electron chi connectivity index (χ4n) is 0.443. The number of thioether (sulfide) groups is 1. The van der Waals surface area contributed by atoms with Crippen molar-refractivity contribution in [3.05, 3.63) is 12.3 Å². The summed E-state index contributed by atoms with van der Waals surface area (Å²) in [6.07, 6.45) is 1.66. The number of hydrogen-bond donors (Lipinski definition) is 1. The molecule has 5 heteroatoms. The van der Waals surface area contributed by atoms with Gasteiger partial charge in [0, 0.05) is 12.3 Å². The Morgan fingerprint density at radius 2 is 2.80 bits per heavy atom. The van der Waals surface area contributed by atoms with Crippen LogP contribution in [0.25, 0.3) is 0 Å². The van der Waals surface area contributed by atoms with Gasteiger partial charge in [-0.2, -0.15) is 5.26 Å². The second-order valence-corrected chi connectivity index (χ2v) is 2.12. The molecule has 0 aliphatic heterocycles. The third kappa shape index (κ3) is 1.99. The van der Waals surface area contributed by atoms with E-state index in [4.69, 9.17) is 10.00 Å². The Kier molecular flexibility index (Phi) is 2.64. The molecule has 0 aliphatic rings. The van der Waals surface area contributed by atoms with Crippen LogP contribution < -0.4 is 4.74 Å². The van der Waals surface area contributed by atoms with Gasteiger partial charge < -0.3 is 4.74 Å². The summed E-state index contributed by atoms with van der Waals surface area (Å²) in [5.74, 6) is 0.837. The third-order valence-electron chi connectivity index (χ3n) is 0.805. The molecule has 0 unspecified atom stereocenters. The molecule has 0 saturated carbocycles. The van der Waals surface area contributed by atoms with Gasteiger partial charge >= 0.3 is 0 Å². The van der Waals surface area contributed by atoms with Crippen LogP contribution in [0.4, 0.5) is 0 Å². The molecule has 0 bridgehead atoms. The third-order valence-corrected chi connectivity index (χ3v) is 1.17. The molecule has 4 nitrogen and oxygen atoms in total. The summed E-state index contributed by atoms with van der Waals surface area (Å²) in [4.78, 5) is 0. The molecule has 0 aliphatic carbocycles. The highest BCUT2D eigenvalue weighted by atomic mass is 32.2. The van der Waals surface area contributed by atoms with Crippen molar-refractivity contribution in [3.8, 4) is 11.3 Å². The van der Waals surface area contributed by atoms with Crippen molar-refractivity contribution in [2.75, 3.05) is 5.94 Å². The van der Waals surface area contributed by atoms with E-state index in [1.165, 1.54) is 0 Å². The number of aromatic amines is 1. The number of aromatic nitrogens is 2. The highest BCUT2D eigenvalue weighted by Crippen LogP contribution is 2.05. The van der Waals surface area contributed by atoms with Crippen LogP contribution in [0.2, 0.25) is 0 Å². The molecule has 0 fully saturated rings. The second-order valence-electron chi connectivity index (χ2n) is 1.41. The zero-order chi connectivity index (χ0) is 7.23. The van der Waals surface area contributed by atoms with E-state index in [0.717, 1.165) is 11.8 Å². The monoisotopic (exact) mass is 155 g/mol. The summed E-state index contributed by atoms with van der Waals surface area (Å²) in [5.41, 5.74) is 0. The Bertz CT molecular complexity index is 215. The number of H-pyrrole nitrogens is 1. The highest BCUT2D eigenvalue weighted by Gasteiger charge is 1.92. The number of nitrogens with zero attached hydrogens (tertiary/aromatic N) is 2. The first kappa shape index (κ1) is 6.96. The van der Waals surface area contributed by atoms with Crippen LogP contribution in [0.3, 0.4) is 0 Å². The summed E-state index contributed by atoms with van der Waals surface area (Å²) in [7, 11) is 0. The predicted molar refractivity (Wildman–Crippen MR) is 37.3 cm³/mol. The van der Waals surface area contributed by atoms with Crippen molar-refractivity contribution in [2.45, 2.75) is 0 Å². The van der Waals surface area contributed by atoms with E-state index in [0.29, 0.717) is 11.8 Å². The van der Waals surface area contributed by atoms with E-state index >= 15 is 0 Å². The Morgan fingerprint density at radius 3 is 3.40 bits per heavy atom. The molecule has 1 N–H and O–H groups in total. The van der Waals surface area contributed by atoms with Crippen LogP contribution >= 0.6 is 11.8 Å². The normalized spacial score (nSPS) is 8.70. The topological polar surface area (TPSA) is 61.7 Å². The Hall–Kier alpha value is -1.15. The number of thiocyanates is 1. The van der Waals surface area contributed by atoms with E-state index in [2.05, 4.69) is 10.2 Å². The maximum atomic E-state index is 8.10. The number of nitriles is 1. The fraction of sp³-hybridized carbons (Fsp3) is 0.200. The van der Waals surface area contributed by atoms with E-state index < -0.39 is 0 Å². The fourth-order valence-corrected chi connectivity index (χ4v) is 0.676. The van der Waals surface area contributed by atoms with Crippen LogP contribution in [-0.2, 0) is 0 Å². The molecule has 0 atom stereocenters. The van der Waals surface area contributed by atoms with Crippen molar-refractivity contribution in [2.24, 2.45) is 0 Å². The molecular formula is C5H5N3OS. The first-order valence-electron chi connectivity index (χ1n) is 2.57. The molecule has 52 valence electrons. The standard InChI is InChI=1S/C5H5N3OS/c6-3-10-4-9-5-1-2-7-8-5/h1-2H,4H2,(H,7,8). The van der Waals surface area contributed by atoms with Gasteiger partial charge in [0.1, 0.15) is 11.3 Å². The Labute approximate surface area is 62.2 Å². The molecule has 0 amide bonds. The van der Waals surface area contributed by atoms with Crippen molar-refractivity contribution >= 4 is 11.8 Å². The summed E-state index contributed by atoms with van der Waals surface area (Å²) in [5, 5.41) is 16.3. The van der Waals surface area contributed by atoms with Crippen LogP contribution in [0.5, 0.6) is 5.88 Å². The molecular weight excluding hydrogens is 150 g/mol. The summed E-state index contributed by atoms with van der Waals surface area (Å²) in [6.45, 7) is 0. The van der Waals surface area contributed by atoms with E-state index in [1.54, 1.807) is 12.3 Å². The molecule has 1 aromatic heterocycles. The van der Waals surface area contributed by atoms with Gasteiger partial charge in [0.2, 0.25) is 5.88 Å². The number of nitrogens with one attached hydrogen (secondary N) is 1. The summed E-state index contributed by atoms with van der Waals surface area (Å²) >= 11 is 1.04. The largest absolute Gasteiger partial charge is 0.464 e. The van der Waals surface area contributed by atoms with Gasteiger partial charge in [-0.25, -0.2) is 0 Å². The zero-order valence-electron chi connectivity index (χ0n) is 5.07. The van der Waals surface area contributed by atoms with E-state index in [-0.39, 0.29) is 0 Å². The molecule has 1 aromatic rings.